The Morgan fingerprint density at radius 3 is 2.45 bits per heavy atom. The molecule has 0 atom stereocenters. The standard InChI is InChI=1S/C30H34Cl2N8O2/c1-19-16-23(8-10-26(19)40(14-11-31)15-12-32)37-29(42)21-7-9-24-25(18-21)39-28(38-24)20-4-2-5-22(17-20)36-27(41)6-3-13-35-30(33)34/h2,4-5,7-10,16-18H,3,6,11-15H2,1H3,(H,36,41)(H,37,42)(H,38,39)(H4,33,34,35). The largest absolute Gasteiger partial charge is 0.370 e. The third-order valence-electron chi connectivity index (χ3n) is 6.52. The van der Waals surface area contributed by atoms with E-state index in [0.29, 0.717) is 67.0 Å². The summed E-state index contributed by atoms with van der Waals surface area (Å²) in [5.74, 6) is 1.26. The van der Waals surface area contributed by atoms with E-state index < -0.39 is 0 Å². The minimum Gasteiger partial charge on any atom is -0.370 e. The molecule has 220 valence electrons. The molecule has 7 N–H and O–H groups in total. The van der Waals surface area contributed by atoms with Crippen LogP contribution in [0.5, 0.6) is 0 Å². The zero-order valence-corrected chi connectivity index (χ0v) is 24.8. The normalized spacial score (nSPS) is 10.8. The third kappa shape index (κ3) is 8.14. The molecule has 10 nitrogen and oxygen atoms in total. The van der Waals surface area contributed by atoms with Crippen molar-refractivity contribution in [1.29, 1.82) is 0 Å². The van der Waals surface area contributed by atoms with Crippen molar-refractivity contribution < 1.29 is 9.59 Å². The van der Waals surface area contributed by atoms with Crippen molar-refractivity contribution in [2.24, 2.45) is 16.5 Å². The number of carbonyl (C=O) groups excluding carboxylic acids is 2. The number of hydrogen-bond acceptors (Lipinski definition) is 5. The number of fused-ring (bicyclic) bond motifs is 1. The summed E-state index contributed by atoms with van der Waals surface area (Å²) in [6.07, 6.45) is 0.830. The summed E-state index contributed by atoms with van der Waals surface area (Å²) in [5.41, 5.74) is 16.7. The summed E-state index contributed by atoms with van der Waals surface area (Å²) in [7, 11) is 0. The van der Waals surface area contributed by atoms with Crippen LogP contribution in [0.25, 0.3) is 22.4 Å². The fraction of sp³-hybridized carbons (Fsp3) is 0.267. The number of anilines is 3. The lowest BCUT2D eigenvalue weighted by molar-refractivity contribution is -0.116. The molecule has 1 heterocycles. The number of imidazole rings is 1. The molecule has 4 aromatic rings. The van der Waals surface area contributed by atoms with E-state index in [1.807, 2.05) is 49.4 Å². The SMILES string of the molecule is Cc1cc(NC(=O)c2ccc3nc(-c4cccc(NC(=O)CCCN=C(N)N)c4)[nH]c3c2)ccc1N(CCCl)CCCl. The van der Waals surface area contributed by atoms with Crippen LogP contribution in [0.3, 0.4) is 0 Å². The molecule has 2 amide bonds. The van der Waals surface area contributed by atoms with E-state index in [1.165, 1.54) is 0 Å². The molecule has 0 aliphatic carbocycles. The van der Waals surface area contributed by atoms with E-state index >= 15 is 0 Å². The van der Waals surface area contributed by atoms with Gasteiger partial charge in [-0.05, 0) is 67.4 Å². The van der Waals surface area contributed by atoms with Gasteiger partial charge in [-0.15, -0.1) is 23.2 Å². The first-order chi connectivity index (χ1) is 20.3. The Labute approximate surface area is 254 Å². The summed E-state index contributed by atoms with van der Waals surface area (Å²) >= 11 is 11.9. The van der Waals surface area contributed by atoms with Crippen molar-refractivity contribution in [2.45, 2.75) is 19.8 Å². The second kappa shape index (κ2) is 14.6. The van der Waals surface area contributed by atoms with Crippen molar-refractivity contribution >= 4 is 69.1 Å². The molecule has 0 unspecified atom stereocenters. The molecule has 0 spiro atoms. The zero-order chi connectivity index (χ0) is 30.1. The lowest BCUT2D eigenvalue weighted by Gasteiger charge is -2.25. The lowest BCUT2D eigenvalue weighted by atomic mass is 10.1. The lowest BCUT2D eigenvalue weighted by Crippen LogP contribution is -2.28. The maximum absolute atomic E-state index is 13.1. The van der Waals surface area contributed by atoms with Gasteiger partial charge < -0.3 is 32.0 Å². The van der Waals surface area contributed by atoms with Gasteiger partial charge in [-0.1, -0.05) is 12.1 Å². The van der Waals surface area contributed by atoms with Gasteiger partial charge in [0.1, 0.15) is 5.82 Å². The highest BCUT2D eigenvalue weighted by Gasteiger charge is 2.14. The number of nitrogens with two attached hydrogens (primary N) is 2. The highest BCUT2D eigenvalue weighted by Crippen LogP contribution is 2.26. The summed E-state index contributed by atoms with van der Waals surface area (Å²) < 4.78 is 0. The molecule has 0 saturated carbocycles. The number of rotatable bonds is 13. The van der Waals surface area contributed by atoms with E-state index in [-0.39, 0.29) is 17.8 Å². The van der Waals surface area contributed by atoms with Crippen LogP contribution in [0.4, 0.5) is 17.1 Å². The van der Waals surface area contributed by atoms with Crippen molar-refractivity contribution in [3.8, 4) is 11.4 Å². The topological polar surface area (TPSA) is 155 Å². The molecule has 0 aliphatic heterocycles. The fourth-order valence-corrected chi connectivity index (χ4v) is 4.96. The van der Waals surface area contributed by atoms with E-state index in [0.717, 1.165) is 27.8 Å². The van der Waals surface area contributed by atoms with Crippen molar-refractivity contribution in [2.75, 3.05) is 46.9 Å². The van der Waals surface area contributed by atoms with Gasteiger partial charge in [0.2, 0.25) is 5.91 Å². The van der Waals surface area contributed by atoms with Gasteiger partial charge in [0.05, 0.1) is 11.0 Å². The minimum atomic E-state index is -0.233. The van der Waals surface area contributed by atoms with Crippen LogP contribution in [-0.4, -0.2) is 59.1 Å². The van der Waals surface area contributed by atoms with Crippen LogP contribution >= 0.6 is 23.2 Å². The first kappa shape index (κ1) is 30.7. The van der Waals surface area contributed by atoms with Crippen LogP contribution in [0.1, 0.15) is 28.8 Å². The first-order valence-corrected chi connectivity index (χ1v) is 14.6. The second-order valence-corrected chi connectivity index (χ2v) is 10.4. The van der Waals surface area contributed by atoms with E-state index in [4.69, 9.17) is 34.7 Å². The zero-order valence-electron chi connectivity index (χ0n) is 23.3. The Kier molecular flexibility index (Phi) is 10.6. The molecule has 0 radical (unpaired) electrons. The van der Waals surface area contributed by atoms with Gasteiger partial charge in [0.25, 0.3) is 5.91 Å². The number of benzene rings is 3. The van der Waals surface area contributed by atoms with E-state index in [2.05, 4.69) is 30.5 Å². The fourth-order valence-electron chi connectivity index (χ4n) is 4.55. The average Bonchev–Trinajstić information content (AvgIpc) is 3.39. The Bertz CT molecular complexity index is 1580. The van der Waals surface area contributed by atoms with Crippen LogP contribution in [0.2, 0.25) is 0 Å². The number of aryl methyl sites for hydroxylation is 1. The molecule has 0 aliphatic rings. The Morgan fingerprint density at radius 1 is 0.976 bits per heavy atom. The molecule has 4 rings (SSSR count). The monoisotopic (exact) mass is 608 g/mol. The molecule has 0 fully saturated rings. The van der Waals surface area contributed by atoms with Crippen LogP contribution in [0.15, 0.2) is 65.7 Å². The maximum atomic E-state index is 13.1. The van der Waals surface area contributed by atoms with Gasteiger partial charge in [0, 0.05) is 66.0 Å². The Balaban J connectivity index is 1.44. The van der Waals surface area contributed by atoms with Crippen LogP contribution < -0.4 is 27.0 Å². The number of hydrogen-bond donors (Lipinski definition) is 5. The number of nitrogens with one attached hydrogen (secondary N) is 3. The minimum absolute atomic E-state index is 0.0101. The number of alkyl halides is 2. The molecule has 12 heteroatoms. The average molecular weight is 610 g/mol. The third-order valence-corrected chi connectivity index (χ3v) is 6.86. The Morgan fingerprint density at radius 2 is 1.74 bits per heavy atom. The second-order valence-electron chi connectivity index (χ2n) is 9.68. The number of guanidine groups is 1. The van der Waals surface area contributed by atoms with Gasteiger partial charge in [-0.3, -0.25) is 14.6 Å². The van der Waals surface area contributed by atoms with Gasteiger partial charge in [0.15, 0.2) is 5.96 Å². The van der Waals surface area contributed by atoms with E-state index in [1.54, 1.807) is 18.2 Å². The summed E-state index contributed by atoms with van der Waals surface area (Å²) in [5, 5.41) is 5.87. The molecule has 42 heavy (non-hydrogen) atoms. The predicted octanol–water partition coefficient (Wildman–Crippen LogP) is 5.07. The number of amides is 2. The van der Waals surface area contributed by atoms with Gasteiger partial charge >= 0.3 is 0 Å². The van der Waals surface area contributed by atoms with Gasteiger partial charge in [-0.2, -0.15) is 0 Å². The predicted molar refractivity (Wildman–Crippen MR) is 173 cm³/mol. The highest BCUT2D eigenvalue weighted by atomic mass is 35.5. The number of nitrogens with zero attached hydrogens (tertiary/aromatic N) is 3. The molecule has 0 bridgehead atoms. The summed E-state index contributed by atoms with van der Waals surface area (Å²) in [4.78, 5) is 39.4. The quantitative estimate of drug-likeness (QED) is 0.0618. The number of aromatic amines is 1. The molecule has 3 aromatic carbocycles. The molecular formula is C30H34Cl2N8O2. The molecule has 0 saturated heterocycles. The highest BCUT2D eigenvalue weighted by molar-refractivity contribution is 6.18. The van der Waals surface area contributed by atoms with E-state index in [9.17, 15) is 9.59 Å². The molecule has 1 aromatic heterocycles. The van der Waals surface area contributed by atoms with Crippen LogP contribution in [-0.2, 0) is 4.79 Å². The number of aliphatic imine (C=N–C) groups is 1. The molecular weight excluding hydrogens is 575 g/mol. The Hall–Kier alpha value is -4.28. The van der Waals surface area contributed by atoms with Gasteiger partial charge in [-0.25, -0.2) is 4.98 Å². The first-order valence-electron chi connectivity index (χ1n) is 13.5. The smallest absolute Gasteiger partial charge is 0.255 e. The number of carbonyl (C=O) groups is 2. The number of halogens is 2. The summed E-state index contributed by atoms with van der Waals surface area (Å²) in [6.45, 7) is 3.76. The van der Waals surface area contributed by atoms with Crippen molar-refractivity contribution in [1.82, 2.24) is 9.97 Å². The summed E-state index contributed by atoms with van der Waals surface area (Å²) in [6, 6.07) is 18.5. The van der Waals surface area contributed by atoms with Crippen molar-refractivity contribution in [3.05, 3.63) is 71.8 Å². The van der Waals surface area contributed by atoms with Crippen molar-refractivity contribution in [3.63, 3.8) is 0 Å². The van der Waals surface area contributed by atoms with Crippen LogP contribution in [0, 0.1) is 6.92 Å². The maximum Gasteiger partial charge on any atom is 0.255 e. The number of H-pyrrole nitrogens is 1. The number of aromatic nitrogens is 2.